The van der Waals surface area contributed by atoms with Gasteiger partial charge >= 0.3 is 33.9 Å². The smallest absolute Gasteiger partial charge is 0 e. The molecule has 2 rings (SSSR count). The summed E-state index contributed by atoms with van der Waals surface area (Å²) < 4.78 is 22.5. The van der Waals surface area contributed by atoms with E-state index in [2.05, 4.69) is 26.0 Å². The minimum absolute atomic E-state index is 0. The summed E-state index contributed by atoms with van der Waals surface area (Å²) >= 11 is 0. The van der Waals surface area contributed by atoms with E-state index in [1.807, 2.05) is 18.2 Å². The summed E-state index contributed by atoms with van der Waals surface area (Å²) in [5.41, 5.74) is 2.44. The van der Waals surface area contributed by atoms with Gasteiger partial charge in [0.25, 0.3) is 0 Å². The number of hydrogen-bond donors (Lipinski definition) is 1. The van der Waals surface area contributed by atoms with Gasteiger partial charge in [-0.05, 0) is 24.0 Å². The first-order chi connectivity index (χ1) is 7.88. The van der Waals surface area contributed by atoms with Crippen LogP contribution in [-0.4, -0.2) is 5.11 Å². The maximum absolute atomic E-state index is 9.38. The van der Waals surface area contributed by atoms with Crippen molar-refractivity contribution >= 4 is 0 Å². The van der Waals surface area contributed by atoms with Crippen LogP contribution in [0.5, 0.6) is 0 Å². The molecule has 5 heteroatoms. The molecule has 88 valence electrons. The average molecular weight is 270 g/mol. The van der Waals surface area contributed by atoms with Crippen molar-refractivity contribution in [3.63, 3.8) is 0 Å². The average Bonchev–Trinajstić information content (AvgIpc) is 2.79. The molecule has 0 amide bonds. The standard InChI is InChI=1S/C9H10O.3CO.Cr/c10-9-6-5-7-3-1-2-4-8(7)9;3*1-2;/h1-4,9-10H,5-6H2;;;;/t9-;;;;/m0..../s1. The van der Waals surface area contributed by atoms with Crippen molar-refractivity contribution in [1.82, 2.24) is 0 Å². The largest absolute Gasteiger partial charge is 0 e. The van der Waals surface area contributed by atoms with Crippen molar-refractivity contribution in [1.29, 1.82) is 0 Å². The maximum Gasteiger partial charge on any atom is 0 e. The predicted molar refractivity (Wildman–Crippen MR) is 51.5 cm³/mol. The molecule has 0 aliphatic heterocycles. The van der Waals surface area contributed by atoms with Gasteiger partial charge in [-0.2, -0.15) is 0 Å². The molecule has 0 saturated carbocycles. The van der Waals surface area contributed by atoms with Crippen LogP contribution in [-0.2, 0) is 37.7 Å². The fraction of sp³-hybridized carbons (Fsp3) is 0.250. The van der Waals surface area contributed by atoms with Gasteiger partial charge in [-0.25, -0.2) is 0 Å². The van der Waals surface area contributed by atoms with E-state index in [4.69, 9.17) is 14.0 Å². The van der Waals surface area contributed by atoms with Gasteiger partial charge in [0.1, 0.15) is 0 Å². The first-order valence-corrected chi connectivity index (χ1v) is 4.25. The van der Waals surface area contributed by atoms with Crippen LogP contribution < -0.4 is 0 Å². The number of aryl methyl sites for hydroxylation is 1. The molecule has 1 atom stereocenters. The number of rotatable bonds is 0. The topological polar surface area (TPSA) is 79.9 Å². The zero-order valence-corrected chi connectivity index (χ0v) is 10.2. The molecule has 1 aliphatic carbocycles. The van der Waals surface area contributed by atoms with Crippen molar-refractivity contribution in [2.24, 2.45) is 0 Å². The molecular weight excluding hydrogens is 260 g/mol. The van der Waals surface area contributed by atoms with Gasteiger partial charge in [-0.1, -0.05) is 24.3 Å². The SMILES string of the molecule is O[C@H]1CCc2ccccc21.[C-]#[O+].[C-]#[O+].[C-]#[O+].[Cr]. The van der Waals surface area contributed by atoms with Crippen molar-refractivity contribution in [3.05, 3.63) is 55.3 Å². The third-order valence-electron chi connectivity index (χ3n) is 2.10. The molecule has 0 radical (unpaired) electrons. The Bertz CT molecular complexity index is 343. The Kier molecular flexibility index (Phi) is 18.7. The molecular formula is C12H10CrO4. The monoisotopic (exact) mass is 270 g/mol. The number of hydrogen-bond acceptors (Lipinski definition) is 1. The third-order valence-corrected chi connectivity index (χ3v) is 2.10. The van der Waals surface area contributed by atoms with E-state index in [0.717, 1.165) is 18.4 Å². The molecule has 1 aliphatic rings. The Labute approximate surface area is 111 Å². The van der Waals surface area contributed by atoms with Crippen LogP contribution in [0.4, 0.5) is 0 Å². The van der Waals surface area contributed by atoms with Gasteiger partial charge in [0.15, 0.2) is 0 Å². The van der Waals surface area contributed by atoms with Crippen molar-refractivity contribution in [3.8, 4) is 0 Å². The van der Waals surface area contributed by atoms with Crippen LogP contribution in [0.25, 0.3) is 0 Å². The normalized spacial score (nSPS) is 13.7. The van der Waals surface area contributed by atoms with Crippen molar-refractivity contribution < 1.29 is 36.4 Å². The van der Waals surface area contributed by atoms with Crippen LogP contribution >= 0.6 is 0 Å². The molecule has 0 heterocycles. The van der Waals surface area contributed by atoms with Crippen LogP contribution in [0.3, 0.4) is 0 Å². The number of aliphatic hydroxyl groups excluding tert-OH is 1. The molecule has 17 heavy (non-hydrogen) atoms. The summed E-state index contributed by atoms with van der Waals surface area (Å²) in [6.07, 6.45) is 1.74. The Morgan fingerprint density at radius 3 is 1.94 bits per heavy atom. The van der Waals surface area contributed by atoms with Gasteiger partial charge in [-0.3, -0.25) is 0 Å². The summed E-state index contributed by atoms with van der Waals surface area (Å²) in [6.45, 7) is 13.5. The van der Waals surface area contributed by atoms with E-state index in [9.17, 15) is 5.11 Å². The van der Waals surface area contributed by atoms with E-state index < -0.39 is 0 Å². The molecule has 0 fully saturated rings. The minimum atomic E-state index is -0.198. The Balaban J connectivity index is -0.000000248. The molecule has 0 saturated heterocycles. The second-order valence-corrected chi connectivity index (χ2v) is 2.75. The Morgan fingerprint density at radius 2 is 1.47 bits per heavy atom. The van der Waals surface area contributed by atoms with Crippen LogP contribution in [0, 0.1) is 20.0 Å². The first-order valence-electron chi connectivity index (χ1n) is 4.25. The van der Waals surface area contributed by atoms with Crippen LogP contribution in [0.2, 0.25) is 0 Å². The molecule has 4 nitrogen and oxygen atoms in total. The van der Waals surface area contributed by atoms with E-state index in [0.29, 0.717) is 0 Å². The van der Waals surface area contributed by atoms with Crippen molar-refractivity contribution in [2.75, 3.05) is 0 Å². The molecule has 1 aromatic carbocycles. The Morgan fingerprint density at radius 1 is 1.00 bits per heavy atom. The second-order valence-electron chi connectivity index (χ2n) is 2.75. The number of benzene rings is 1. The first kappa shape index (κ1) is 21.2. The summed E-state index contributed by atoms with van der Waals surface area (Å²) in [5, 5.41) is 9.38. The number of aliphatic hydroxyl groups is 1. The van der Waals surface area contributed by atoms with Gasteiger partial charge in [-0.15, -0.1) is 0 Å². The molecule has 0 spiro atoms. The molecule has 0 aromatic heterocycles. The minimum Gasteiger partial charge on any atom is 0 e. The fourth-order valence-corrected chi connectivity index (χ4v) is 1.53. The van der Waals surface area contributed by atoms with Gasteiger partial charge in [0.2, 0.25) is 0 Å². The van der Waals surface area contributed by atoms with E-state index in [1.54, 1.807) is 0 Å². The van der Waals surface area contributed by atoms with Crippen LogP contribution in [0.1, 0.15) is 23.7 Å². The Hall–Kier alpha value is -1.07. The summed E-state index contributed by atoms with van der Waals surface area (Å²) in [5.74, 6) is 0. The van der Waals surface area contributed by atoms with E-state index >= 15 is 0 Å². The van der Waals surface area contributed by atoms with E-state index in [-0.39, 0.29) is 23.5 Å². The third kappa shape index (κ3) is 6.97. The summed E-state index contributed by atoms with van der Waals surface area (Å²) in [7, 11) is 0. The quantitative estimate of drug-likeness (QED) is 0.563. The second kappa shape index (κ2) is 14.9. The molecule has 0 unspecified atom stereocenters. The van der Waals surface area contributed by atoms with Crippen molar-refractivity contribution in [2.45, 2.75) is 18.9 Å². The summed E-state index contributed by atoms with van der Waals surface area (Å²) in [6, 6.07) is 8.10. The molecule has 1 N–H and O–H groups in total. The maximum atomic E-state index is 9.38. The van der Waals surface area contributed by atoms with Gasteiger partial charge in [0, 0.05) is 17.4 Å². The fourth-order valence-electron chi connectivity index (χ4n) is 1.53. The molecule has 1 aromatic rings. The summed E-state index contributed by atoms with van der Waals surface area (Å²) in [4.78, 5) is 0. The van der Waals surface area contributed by atoms with E-state index in [1.165, 1.54) is 5.56 Å². The zero-order chi connectivity index (χ0) is 13.0. The zero-order valence-electron chi connectivity index (χ0n) is 8.88. The molecule has 0 bridgehead atoms. The number of fused-ring (bicyclic) bond motifs is 1. The van der Waals surface area contributed by atoms with Crippen LogP contribution in [0.15, 0.2) is 24.3 Å². The predicted octanol–water partition coefficient (Wildman–Crippen LogP) is 1.55. The van der Waals surface area contributed by atoms with Gasteiger partial charge in [0.05, 0.1) is 6.10 Å². The van der Waals surface area contributed by atoms with Gasteiger partial charge < -0.3 is 5.11 Å².